The Labute approximate surface area is 140 Å². The topological polar surface area (TPSA) is 32.3 Å². The summed E-state index contributed by atoms with van der Waals surface area (Å²) in [7, 11) is 0. The zero-order valence-corrected chi connectivity index (χ0v) is 13.8. The first kappa shape index (κ1) is 17.3. The minimum Gasteiger partial charge on any atom is -0.335 e. The van der Waals surface area contributed by atoms with Crippen LogP contribution in [0.4, 0.5) is 13.2 Å². The van der Waals surface area contributed by atoms with Gasteiger partial charge in [-0.1, -0.05) is 19.1 Å². The quantitative estimate of drug-likeness (QED) is 0.892. The van der Waals surface area contributed by atoms with E-state index in [9.17, 15) is 18.0 Å². The highest BCUT2D eigenvalue weighted by atomic mass is 19.4. The van der Waals surface area contributed by atoms with Crippen molar-refractivity contribution in [1.82, 2.24) is 10.2 Å². The lowest BCUT2D eigenvalue weighted by Gasteiger charge is -2.32. The third-order valence-electron chi connectivity index (χ3n) is 5.25. The molecule has 2 aliphatic rings. The first-order valence-electron chi connectivity index (χ1n) is 8.56. The largest absolute Gasteiger partial charge is 0.416 e. The van der Waals surface area contributed by atoms with E-state index in [1.807, 2.05) is 4.90 Å². The van der Waals surface area contributed by atoms with E-state index in [0.717, 1.165) is 50.0 Å². The van der Waals surface area contributed by atoms with Crippen molar-refractivity contribution in [1.29, 1.82) is 0 Å². The molecule has 6 heteroatoms. The maximum Gasteiger partial charge on any atom is 0.416 e. The lowest BCUT2D eigenvalue weighted by atomic mass is 9.92. The number of hydrogen-bond acceptors (Lipinski definition) is 2. The lowest BCUT2D eigenvalue weighted by Crippen LogP contribution is -2.41. The van der Waals surface area contributed by atoms with E-state index in [2.05, 4.69) is 12.2 Å². The van der Waals surface area contributed by atoms with Crippen LogP contribution >= 0.6 is 0 Å². The second-order valence-corrected chi connectivity index (χ2v) is 6.89. The lowest BCUT2D eigenvalue weighted by molar-refractivity contribution is -0.138. The fourth-order valence-electron chi connectivity index (χ4n) is 3.88. The minimum absolute atomic E-state index is 0.0356. The summed E-state index contributed by atoms with van der Waals surface area (Å²) in [6, 6.07) is 5.17. The van der Waals surface area contributed by atoms with Crippen LogP contribution < -0.4 is 5.32 Å². The Hall–Kier alpha value is -1.56. The van der Waals surface area contributed by atoms with Gasteiger partial charge in [-0.05, 0) is 56.0 Å². The van der Waals surface area contributed by atoms with Crippen LogP contribution in [-0.2, 0) is 11.0 Å². The van der Waals surface area contributed by atoms with Crippen LogP contribution in [-0.4, -0.2) is 30.4 Å². The Kier molecular flexibility index (Phi) is 4.85. The van der Waals surface area contributed by atoms with Crippen LogP contribution in [0.15, 0.2) is 24.3 Å². The number of rotatable bonds is 2. The fourth-order valence-corrected chi connectivity index (χ4v) is 3.88. The van der Waals surface area contributed by atoms with Crippen LogP contribution in [0.2, 0.25) is 0 Å². The molecule has 0 spiro atoms. The molecule has 3 nitrogen and oxygen atoms in total. The van der Waals surface area contributed by atoms with Crippen molar-refractivity contribution in [3.63, 3.8) is 0 Å². The zero-order chi connectivity index (χ0) is 17.3. The van der Waals surface area contributed by atoms with Gasteiger partial charge in [0.2, 0.25) is 5.91 Å². The second-order valence-electron chi connectivity index (χ2n) is 6.89. The van der Waals surface area contributed by atoms with E-state index >= 15 is 0 Å². The Balaban J connectivity index is 1.80. The predicted molar refractivity (Wildman–Crippen MR) is 85.3 cm³/mol. The van der Waals surface area contributed by atoms with Crippen LogP contribution in [0, 0.1) is 11.8 Å². The number of alkyl halides is 3. The Bertz CT molecular complexity index is 579. The summed E-state index contributed by atoms with van der Waals surface area (Å²) >= 11 is 0. The summed E-state index contributed by atoms with van der Waals surface area (Å²) in [4.78, 5) is 14.8. The SMILES string of the molecule is C[C@@H]1CCN(C(=O)C2CCNCC2)[C@@H]1c1ccc(C(F)(F)F)cc1. The number of likely N-dealkylation sites (tertiary alicyclic amines) is 1. The number of benzene rings is 1. The average molecular weight is 340 g/mol. The molecule has 2 atom stereocenters. The van der Waals surface area contributed by atoms with Gasteiger partial charge in [0.25, 0.3) is 0 Å². The molecular formula is C18H23F3N2O. The van der Waals surface area contributed by atoms with Crippen LogP contribution in [0.1, 0.15) is 43.4 Å². The van der Waals surface area contributed by atoms with Crippen molar-refractivity contribution in [3.8, 4) is 0 Å². The van der Waals surface area contributed by atoms with E-state index in [0.29, 0.717) is 6.54 Å². The number of halogens is 3. The summed E-state index contributed by atoms with van der Waals surface area (Å²) in [5, 5.41) is 3.25. The predicted octanol–water partition coefficient (Wildman–Crippen LogP) is 3.61. The summed E-state index contributed by atoms with van der Waals surface area (Å²) in [6.07, 6.45) is -1.76. The molecule has 1 aromatic rings. The average Bonchev–Trinajstić information content (AvgIpc) is 2.96. The summed E-state index contributed by atoms with van der Waals surface area (Å²) in [5.41, 5.74) is 0.156. The summed E-state index contributed by atoms with van der Waals surface area (Å²) in [6.45, 7) is 4.46. The first-order chi connectivity index (χ1) is 11.4. The van der Waals surface area contributed by atoms with Gasteiger partial charge >= 0.3 is 6.18 Å². The Morgan fingerprint density at radius 3 is 2.33 bits per heavy atom. The smallest absolute Gasteiger partial charge is 0.335 e. The molecule has 2 fully saturated rings. The molecular weight excluding hydrogens is 317 g/mol. The summed E-state index contributed by atoms with van der Waals surface area (Å²) in [5.74, 6) is 0.451. The molecule has 24 heavy (non-hydrogen) atoms. The first-order valence-corrected chi connectivity index (χ1v) is 8.56. The van der Waals surface area contributed by atoms with Crippen molar-refractivity contribution >= 4 is 5.91 Å². The molecule has 0 saturated carbocycles. The van der Waals surface area contributed by atoms with Gasteiger partial charge in [0, 0.05) is 12.5 Å². The van der Waals surface area contributed by atoms with E-state index in [-0.39, 0.29) is 23.8 Å². The molecule has 0 aromatic heterocycles. The molecule has 0 radical (unpaired) electrons. The van der Waals surface area contributed by atoms with Crippen molar-refractivity contribution in [2.45, 2.75) is 38.4 Å². The number of nitrogens with one attached hydrogen (secondary N) is 1. The van der Waals surface area contributed by atoms with Gasteiger partial charge in [0.05, 0.1) is 11.6 Å². The van der Waals surface area contributed by atoms with Crippen molar-refractivity contribution in [2.24, 2.45) is 11.8 Å². The third kappa shape index (κ3) is 3.43. The number of carbonyl (C=O) groups excluding carboxylic acids is 1. The van der Waals surface area contributed by atoms with Crippen LogP contribution in [0.5, 0.6) is 0 Å². The maximum absolute atomic E-state index is 12.9. The molecule has 1 amide bonds. The van der Waals surface area contributed by atoms with Gasteiger partial charge in [-0.25, -0.2) is 0 Å². The molecule has 0 unspecified atom stereocenters. The minimum atomic E-state index is -4.33. The van der Waals surface area contributed by atoms with Gasteiger partial charge in [-0.15, -0.1) is 0 Å². The van der Waals surface area contributed by atoms with Crippen molar-refractivity contribution in [2.75, 3.05) is 19.6 Å². The molecule has 2 saturated heterocycles. The number of amides is 1. The number of carbonyl (C=O) groups is 1. The monoisotopic (exact) mass is 340 g/mol. The Morgan fingerprint density at radius 2 is 1.75 bits per heavy atom. The number of piperidine rings is 1. The second kappa shape index (κ2) is 6.75. The Morgan fingerprint density at radius 1 is 1.12 bits per heavy atom. The third-order valence-corrected chi connectivity index (χ3v) is 5.25. The maximum atomic E-state index is 12.9. The van der Waals surface area contributed by atoms with Crippen molar-refractivity contribution in [3.05, 3.63) is 35.4 Å². The van der Waals surface area contributed by atoms with Gasteiger partial charge in [0.1, 0.15) is 0 Å². The number of nitrogens with zero attached hydrogens (tertiary/aromatic N) is 1. The molecule has 3 rings (SSSR count). The highest BCUT2D eigenvalue weighted by molar-refractivity contribution is 5.80. The van der Waals surface area contributed by atoms with E-state index in [1.165, 1.54) is 12.1 Å². The number of hydrogen-bond donors (Lipinski definition) is 1. The van der Waals surface area contributed by atoms with Crippen molar-refractivity contribution < 1.29 is 18.0 Å². The van der Waals surface area contributed by atoms with Crippen LogP contribution in [0.3, 0.4) is 0 Å². The zero-order valence-electron chi connectivity index (χ0n) is 13.8. The van der Waals surface area contributed by atoms with Gasteiger partial charge in [-0.2, -0.15) is 13.2 Å². The molecule has 1 N–H and O–H groups in total. The van der Waals surface area contributed by atoms with Crippen LogP contribution in [0.25, 0.3) is 0 Å². The van der Waals surface area contributed by atoms with E-state index in [4.69, 9.17) is 0 Å². The molecule has 2 heterocycles. The van der Waals surface area contributed by atoms with E-state index < -0.39 is 11.7 Å². The molecule has 0 aliphatic carbocycles. The molecule has 132 valence electrons. The van der Waals surface area contributed by atoms with Gasteiger partial charge < -0.3 is 10.2 Å². The fraction of sp³-hybridized carbons (Fsp3) is 0.611. The highest BCUT2D eigenvalue weighted by Crippen LogP contribution is 2.39. The molecule has 0 bridgehead atoms. The summed E-state index contributed by atoms with van der Waals surface area (Å²) < 4.78 is 38.3. The standard InChI is InChI=1S/C18H23F3N2O/c1-12-8-11-23(17(24)14-6-9-22-10-7-14)16(12)13-2-4-15(5-3-13)18(19,20)21/h2-5,12,14,16,22H,6-11H2,1H3/t12-,16+/m1/s1. The molecule has 2 aliphatic heterocycles. The molecule has 1 aromatic carbocycles. The van der Waals surface area contributed by atoms with Gasteiger partial charge in [0.15, 0.2) is 0 Å². The van der Waals surface area contributed by atoms with Gasteiger partial charge in [-0.3, -0.25) is 4.79 Å². The highest BCUT2D eigenvalue weighted by Gasteiger charge is 2.39. The normalized spacial score (nSPS) is 25.9. The van der Waals surface area contributed by atoms with E-state index in [1.54, 1.807) is 0 Å².